The van der Waals surface area contributed by atoms with Crippen LogP contribution in [0.15, 0.2) is 42.5 Å². The van der Waals surface area contributed by atoms with Crippen molar-refractivity contribution < 1.29 is 28.7 Å². The number of ether oxygens (including phenoxy) is 2. The third-order valence-corrected chi connectivity index (χ3v) is 4.86. The maximum Gasteiger partial charge on any atom is 0.261 e. The Bertz CT molecular complexity index is 1050. The number of methoxy groups -OCH3 is 1. The molecule has 9 heteroatoms. The molecule has 9 nitrogen and oxygen atoms in total. The first kappa shape index (κ1) is 22.8. The van der Waals surface area contributed by atoms with Gasteiger partial charge in [-0.05, 0) is 44.2 Å². The molecule has 0 bridgehead atoms. The lowest BCUT2D eigenvalue weighted by molar-refractivity contribution is -0.123. The first-order chi connectivity index (χ1) is 15.3. The molecule has 4 amide bonds. The van der Waals surface area contributed by atoms with E-state index in [1.54, 1.807) is 38.1 Å². The van der Waals surface area contributed by atoms with Gasteiger partial charge in [-0.2, -0.15) is 0 Å². The van der Waals surface area contributed by atoms with Crippen molar-refractivity contribution in [2.75, 3.05) is 26.8 Å². The van der Waals surface area contributed by atoms with Gasteiger partial charge in [0.1, 0.15) is 0 Å². The number of para-hydroxylation sites is 2. The fourth-order valence-electron chi connectivity index (χ4n) is 3.28. The van der Waals surface area contributed by atoms with Gasteiger partial charge in [0, 0.05) is 24.7 Å². The van der Waals surface area contributed by atoms with Gasteiger partial charge < -0.3 is 20.1 Å². The molecule has 2 aromatic carbocycles. The number of carbonyl (C=O) groups is 4. The molecule has 1 aliphatic rings. The summed E-state index contributed by atoms with van der Waals surface area (Å²) in [4.78, 5) is 50.3. The Balaban J connectivity index is 1.46. The lowest BCUT2D eigenvalue weighted by Gasteiger charge is -2.17. The second-order valence-corrected chi connectivity index (χ2v) is 7.38. The minimum absolute atomic E-state index is 0.182. The van der Waals surface area contributed by atoms with Crippen LogP contribution in [0.1, 0.15) is 44.9 Å². The van der Waals surface area contributed by atoms with Crippen LogP contribution in [0.25, 0.3) is 0 Å². The van der Waals surface area contributed by atoms with Crippen LogP contribution in [0.3, 0.4) is 0 Å². The summed E-state index contributed by atoms with van der Waals surface area (Å²) < 4.78 is 10.6. The van der Waals surface area contributed by atoms with Crippen LogP contribution < -0.4 is 20.1 Å². The summed E-state index contributed by atoms with van der Waals surface area (Å²) in [5, 5.41) is 5.32. The minimum atomic E-state index is -0.407. The van der Waals surface area contributed by atoms with E-state index in [0.29, 0.717) is 17.1 Å². The average Bonchev–Trinajstić information content (AvgIpc) is 3.04. The zero-order chi connectivity index (χ0) is 23.3. The van der Waals surface area contributed by atoms with Crippen molar-refractivity contribution in [1.29, 1.82) is 0 Å². The first-order valence-corrected chi connectivity index (χ1v) is 10.2. The predicted molar refractivity (Wildman–Crippen MR) is 116 cm³/mol. The smallest absolute Gasteiger partial charge is 0.261 e. The zero-order valence-corrected chi connectivity index (χ0v) is 18.1. The quantitative estimate of drug-likeness (QED) is 0.453. The largest absolute Gasteiger partial charge is 0.493 e. The molecule has 0 saturated heterocycles. The Morgan fingerprint density at radius 2 is 1.59 bits per heavy atom. The van der Waals surface area contributed by atoms with Gasteiger partial charge in [-0.25, -0.2) is 0 Å². The standard InChI is InChI=1S/C23H25N3O6/c1-14(2)26-22(29)16-9-8-15(12-17(16)23(26)30)21(28)25-11-10-24-20(27)13-32-19-7-5-4-6-18(19)31-3/h4-9,12,14H,10-11,13H2,1-3H3,(H,24,27)(H,25,28). The van der Waals surface area contributed by atoms with E-state index in [2.05, 4.69) is 10.6 Å². The molecule has 2 aromatic rings. The summed E-state index contributed by atoms with van der Waals surface area (Å²) in [5.41, 5.74) is 0.780. The molecular weight excluding hydrogens is 414 g/mol. The molecule has 32 heavy (non-hydrogen) atoms. The highest BCUT2D eigenvalue weighted by atomic mass is 16.5. The zero-order valence-electron chi connectivity index (χ0n) is 18.1. The summed E-state index contributed by atoms with van der Waals surface area (Å²) in [7, 11) is 1.51. The predicted octanol–water partition coefficient (Wildman–Crippen LogP) is 1.62. The normalized spacial score (nSPS) is 12.6. The van der Waals surface area contributed by atoms with E-state index in [0.717, 1.165) is 0 Å². The third kappa shape index (κ3) is 4.88. The van der Waals surface area contributed by atoms with Crippen LogP contribution in [-0.4, -0.2) is 61.4 Å². The summed E-state index contributed by atoms with van der Waals surface area (Å²) >= 11 is 0. The van der Waals surface area contributed by atoms with Crippen LogP contribution in [0.4, 0.5) is 0 Å². The first-order valence-electron chi connectivity index (χ1n) is 10.2. The molecule has 1 heterocycles. The summed E-state index contributed by atoms with van der Waals surface area (Å²) in [6, 6.07) is 11.1. The highest BCUT2D eigenvalue weighted by Gasteiger charge is 2.37. The second kappa shape index (κ2) is 9.95. The summed E-state index contributed by atoms with van der Waals surface area (Å²) in [6.45, 7) is 3.70. The number of hydrogen-bond acceptors (Lipinski definition) is 6. The van der Waals surface area contributed by atoms with E-state index in [9.17, 15) is 19.2 Å². The molecule has 0 aliphatic carbocycles. The van der Waals surface area contributed by atoms with Crippen molar-refractivity contribution in [2.45, 2.75) is 19.9 Å². The van der Waals surface area contributed by atoms with Gasteiger partial charge in [0.05, 0.1) is 18.2 Å². The molecule has 0 atom stereocenters. The fraction of sp³-hybridized carbons (Fsp3) is 0.304. The maximum atomic E-state index is 12.5. The number of carbonyl (C=O) groups excluding carboxylic acids is 4. The number of nitrogens with one attached hydrogen (secondary N) is 2. The number of hydrogen-bond donors (Lipinski definition) is 2. The Kier molecular flexibility index (Phi) is 7.09. The van der Waals surface area contributed by atoms with Crippen LogP contribution in [0.2, 0.25) is 0 Å². The van der Waals surface area contributed by atoms with Gasteiger partial charge in [-0.15, -0.1) is 0 Å². The highest BCUT2D eigenvalue weighted by Crippen LogP contribution is 2.26. The van der Waals surface area contributed by atoms with Gasteiger partial charge in [-0.3, -0.25) is 24.1 Å². The lowest BCUT2D eigenvalue weighted by atomic mass is 10.1. The molecular formula is C23H25N3O6. The third-order valence-electron chi connectivity index (χ3n) is 4.86. The summed E-state index contributed by atoms with van der Waals surface area (Å²) in [5.74, 6) is -0.532. The van der Waals surface area contributed by atoms with Crippen molar-refractivity contribution >= 4 is 23.6 Å². The Morgan fingerprint density at radius 1 is 0.938 bits per heavy atom. The fourth-order valence-corrected chi connectivity index (χ4v) is 3.28. The second-order valence-electron chi connectivity index (χ2n) is 7.38. The number of imide groups is 1. The maximum absolute atomic E-state index is 12.5. The molecule has 1 aliphatic heterocycles. The van der Waals surface area contributed by atoms with E-state index in [1.165, 1.54) is 30.2 Å². The molecule has 0 fully saturated rings. The molecule has 0 unspecified atom stereocenters. The van der Waals surface area contributed by atoms with Crippen LogP contribution >= 0.6 is 0 Å². The highest BCUT2D eigenvalue weighted by molar-refractivity contribution is 6.22. The van der Waals surface area contributed by atoms with Crippen LogP contribution in [0.5, 0.6) is 11.5 Å². The van der Waals surface area contributed by atoms with Gasteiger partial charge in [-0.1, -0.05) is 12.1 Å². The van der Waals surface area contributed by atoms with Crippen molar-refractivity contribution in [1.82, 2.24) is 15.5 Å². The lowest BCUT2D eigenvalue weighted by Crippen LogP contribution is -2.36. The number of nitrogens with zero attached hydrogens (tertiary/aromatic N) is 1. The van der Waals surface area contributed by atoms with E-state index in [-0.39, 0.29) is 48.7 Å². The Morgan fingerprint density at radius 3 is 2.28 bits per heavy atom. The molecule has 3 rings (SSSR count). The van der Waals surface area contributed by atoms with E-state index < -0.39 is 11.8 Å². The number of benzene rings is 2. The molecule has 0 saturated carbocycles. The number of amides is 4. The van der Waals surface area contributed by atoms with Crippen LogP contribution in [0, 0.1) is 0 Å². The van der Waals surface area contributed by atoms with Crippen LogP contribution in [-0.2, 0) is 4.79 Å². The minimum Gasteiger partial charge on any atom is -0.493 e. The van der Waals surface area contributed by atoms with Gasteiger partial charge in [0.15, 0.2) is 18.1 Å². The van der Waals surface area contributed by atoms with Crippen molar-refractivity contribution in [2.24, 2.45) is 0 Å². The number of fused-ring (bicyclic) bond motifs is 1. The van der Waals surface area contributed by atoms with Crippen molar-refractivity contribution in [3.63, 3.8) is 0 Å². The molecule has 0 radical (unpaired) electrons. The molecule has 0 spiro atoms. The van der Waals surface area contributed by atoms with Crippen molar-refractivity contribution in [3.05, 3.63) is 59.2 Å². The van der Waals surface area contributed by atoms with Gasteiger partial charge >= 0.3 is 0 Å². The average molecular weight is 439 g/mol. The van der Waals surface area contributed by atoms with Crippen molar-refractivity contribution in [3.8, 4) is 11.5 Å². The van der Waals surface area contributed by atoms with E-state index in [4.69, 9.17) is 9.47 Å². The molecule has 2 N–H and O–H groups in total. The van der Waals surface area contributed by atoms with E-state index in [1.807, 2.05) is 0 Å². The Hall–Kier alpha value is -3.88. The topological polar surface area (TPSA) is 114 Å². The summed E-state index contributed by atoms with van der Waals surface area (Å²) in [6.07, 6.45) is 0. The monoisotopic (exact) mass is 439 g/mol. The molecule has 0 aromatic heterocycles. The van der Waals surface area contributed by atoms with Gasteiger partial charge in [0.2, 0.25) is 0 Å². The SMILES string of the molecule is COc1ccccc1OCC(=O)NCCNC(=O)c1ccc2c(c1)C(=O)N(C(C)C)C2=O. The molecule has 168 valence electrons. The van der Waals surface area contributed by atoms with E-state index >= 15 is 0 Å². The Labute approximate surface area is 185 Å². The number of rotatable bonds is 9. The van der Waals surface area contributed by atoms with Gasteiger partial charge in [0.25, 0.3) is 23.6 Å².